The third-order valence-electron chi connectivity index (χ3n) is 4.85. The van der Waals surface area contributed by atoms with Crippen molar-refractivity contribution in [1.29, 1.82) is 0 Å². The summed E-state index contributed by atoms with van der Waals surface area (Å²) < 4.78 is 11.4. The molecule has 2 aliphatic heterocycles. The summed E-state index contributed by atoms with van der Waals surface area (Å²) in [4.78, 5) is 17.3. The molecule has 0 bridgehead atoms. The zero-order valence-corrected chi connectivity index (χ0v) is 14.6. The van der Waals surface area contributed by atoms with Gasteiger partial charge in [0.05, 0.1) is 18.9 Å². The Morgan fingerprint density at radius 2 is 1.81 bits per heavy atom. The Labute approximate surface area is 153 Å². The van der Waals surface area contributed by atoms with Crippen molar-refractivity contribution in [1.82, 2.24) is 4.90 Å². The molecule has 1 unspecified atom stereocenters. The third-order valence-corrected chi connectivity index (χ3v) is 4.85. The monoisotopic (exact) mass is 353 g/mol. The number of fused-ring (bicyclic) bond motifs is 1. The predicted octanol–water partition coefficient (Wildman–Crippen LogP) is 2.07. The van der Waals surface area contributed by atoms with E-state index in [9.17, 15) is 4.79 Å². The number of ether oxygens (including phenoxy) is 2. The van der Waals surface area contributed by atoms with Crippen molar-refractivity contribution in [3.63, 3.8) is 0 Å². The van der Waals surface area contributed by atoms with Crippen LogP contribution in [0.4, 0.5) is 11.4 Å². The Bertz CT molecular complexity index is 775. The first-order valence-electron chi connectivity index (χ1n) is 8.95. The molecule has 0 saturated carbocycles. The van der Waals surface area contributed by atoms with Crippen LogP contribution < -0.4 is 15.4 Å². The number of nitrogens with zero attached hydrogens (tertiary/aromatic N) is 2. The number of nitrogens with two attached hydrogens (primary N) is 1. The van der Waals surface area contributed by atoms with Gasteiger partial charge in [0.15, 0.2) is 0 Å². The highest BCUT2D eigenvalue weighted by Crippen LogP contribution is 2.39. The van der Waals surface area contributed by atoms with Gasteiger partial charge in [0, 0.05) is 37.4 Å². The van der Waals surface area contributed by atoms with Crippen LogP contribution in [0.5, 0.6) is 5.75 Å². The molecule has 0 spiro atoms. The van der Waals surface area contributed by atoms with E-state index in [1.165, 1.54) is 0 Å². The maximum Gasteiger partial charge on any atom is 0.272 e. The predicted molar refractivity (Wildman–Crippen MR) is 100 cm³/mol. The van der Waals surface area contributed by atoms with Crippen LogP contribution in [0.2, 0.25) is 0 Å². The van der Waals surface area contributed by atoms with Crippen LogP contribution in [-0.4, -0.2) is 50.2 Å². The van der Waals surface area contributed by atoms with E-state index in [2.05, 4.69) is 4.90 Å². The zero-order chi connectivity index (χ0) is 17.9. The lowest BCUT2D eigenvalue weighted by Gasteiger charge is -2.36. The van der Waals surface area contributed by atoms with E-state index >= 15 is 0 Å². The van der Waals surface area contributed by atoms with Gasteiger partial charge in [-0.2, -0.15) is 0 Å². The van der Waals surface area contributed by atoms with Gasteiger partial charge in [0.2, 0.25) is 6.10 Å². The normalized spacial score (nSPS) is 20.5. The van der Waals surface area contributed by atoms with Gasteiger partial charge in [-0.25, -0.2) is 0 Å². The summed E-state index contributed by atoms with van der Waals surface area (Å²) in [6, 6.07) is 15.1. The maximum absolute atomic E-state index is 13.2. The highest BCUT2D eigenvalue weighted by atomic mass is 16.5. The lowest BCUT2D eigenvalue weighted by molar-refractivity contribution is -0.126. The zero-order valence-electron chi connectivity index (χ0n) is 14.6. The molecule has 26 heavy (non-hydrogen) atoms. The third kappa shape index (κ3) is 3.38. The van der Waals surface area contributed by atoms with Crippen molar-refractivity contribution >= 4 is 17.3 Å². The molecular weight excluding hydrogens is 330 g/mol. The minimum absolute atomic E-state index is 0.0532. The number of carbonyl (C=O) groups is 1. The van der Waals surface area contributed by atoms with Crippen molar-refractivity contribution in [2.75, 3.05) is 50.0 Å². The summed E-state index contributed by atoms with van der Waals surface area (Å²) in [6.45, 7) is 4.67. The molecule has 2 aliphatic rings. The molecule has 6 nitrogen and oxygen atoms in total. The van der Waals surface area contributed by atoms with Gasteiger partial charge in [0.25, 0.3) is 5.91 Å². The fraction of sp³-hybridized carbons (Fsp3) is 0.350. The van der Waals surface area contributed by atoms with Crippen LogP contribution in [0, 0.1) is 0 Å². The number of anilines is 2. The molecule has 136 valence electrons. The first-order chi connectivity index (χ1) is 12.7. The molecular formula is C20H23N3O3. The molecule has 1 atom stereocenters. The van der Waals surface area contributed by atoms with Gasteiger partial charge >= 0.3 is 0 Å². The molecule has 0 aromatic heterocycles. The standard InChI is InChI=1S/C20H23N3O3/c21-16-6-7-18-17(14-16)23(9-8-22-10-12-25-13-11-22)20(24)19(26-18)15-4-2-1-3-5-15/h1-7,14,19H,8-13,21H2. The SMILES string of the molecule is Nc1ccc2c(c1)N(CCN1CCOCC1)C(=O)C(c1ccccc1)O2. The fourth-order valence-electron chi connectivity index (χ4n) is 3.42. The second kappa shape index (κ2) is 7.35. The molecule has 6 heteroatoms. The van der Waals surface area contributed by atoms with E-state index in [1.54, 1.807) is 6.07 Å². The number of rotatable bonds is 4. The van der Waals surface area contributed by atoms with Crippen LogP contribution in [0.3, 0.4) is 0 Å². The Hall–Kier alpha value is -2.57. The smallest absolute Gasteiger partial charge is 0.272 e. The topological polar surface area (TPSA) is 68.0 Å². The van der Waals surface area contributed by atoms with E-state index in [1.807, 2.05) is 47.4 Å². The van der Waals surface area contributed by atoms with Crippen molar-refractivity contribution in [3.05, 3.63) is 54.1 Å². The first kappa shape index (κ1) is 16.9. The van der Waals surface area contributed by atoms with Gasteiger partial charge in [-0.05, 0) is 18.2 Å². The summed E-state index contributed by atoms with van der Waals surface area (Å²) >= 11 is 0. The van der Waals surface area contributed by atoms with Gasteiger partial charge < -0.3 is 20.1 Å². The van der Waals surface area contributed by atoms with E-state index in [0.29, 0.717) is 18.0 Å². The Morgan fingerprint density at radius 3 is 2.58 bits per heavy atom. The number of nitrogen functional groups attached to an aromatic ring is 1. The molecule has 2 aromatic carbocycles. The molecule has 1 amide bonds. The van der Waals surface area contributed by atoms with Crippen molar-refractivity contribution in [2.45, 2.75) is 6.10 Å². The lowest BCUT2D eigenvalue weighted by atomic mass is 10.1. The average molecular weight is 353 g/mol. The molecule has 0 aliphatic carbocycles. The second-order valence-electron chi connectivity index (χ2n) is 6.58. The summed E-state index contributed by atoms with van der Waals surface area (Å²) in [6.07, 6.45) is -0.628. The molecule has 2 N–H and O–H groups in total. The van der Waals surface area contributed by atoms with Crippen LogP contribution in [-0.2, 0) is 9.53 Å². The quantitative estimate of drug-likeness (QED) is 0.853. The molecule has 4 rings (SSSR count). The van der Waals surface area contributed by atoms with Crippen LogP contribution in [0.1, 0.15) is 11.7 Å². The van der Waals surface area contributed by atoms with Crippen LogP contribution >= 0.6 is 0 Å². The summed E-state index contributed by atoms with van der Waals surface area (Å²) in [5.74, 6) is 0.636. The Balaban J connectivity index is 1.61. The number of amides is 1. The first-order valence-corrected chi connectivity index (χ1v) is 8.95. The summed E-state index contributed by atoms with van der Waals surface area (Å²) in [7, 11) is 0. The molecule has 2 heterocycles. The van der Waals surface area contributed by atoms with Crippen molar-refractivity contribution < 1.29 is 14.3 Å². The molecule has 1 fully saturated rings. The van der Waals surface area contributed by atoms with Gasteiger partial charge in [-0.1, -0.05) is 30.3 Å². The van der Waals surface area contributed by atoms with E-state index < -0.39 is 6.10 Å². The van der Waals surface area contributed by atoms with Crippen LogP contribution in [0.15, 0.2) is 48.5 Å². The average Bonchev–Trinajstić information content (AvgIpc) is 2.68. The fourth-order valence-corrected chi connectivity index (χ4v) is 3.42. The van der Waals surface area contributed by atoms with E-state index in [0.717, 1.165) is 44.1 Å². The minimum atomic E-state index is -0.628. The minimum Gasteiger partial charge on any atom is -0.474 e. The number of carbonyl (C=O) groups excluding carboxylic acids is 1. The van der Waals surface area contributed by atoms with Crippen LogP contribution in [0.25, 0.3) is 0 Å². The maximum atomic E-state index is 13.2. The number of morpholine rings is 1. The van der Waals surface area contributed by atoms with E-state index in [-0.39, 0.29) is 5.91 Å². The van der Waals surface area contributed by atoms with Gasteiger partial charge in [0.1, 0.15) is 5.75 Å². The molecule has 2 aromatic rings. The lowest BCUT2D eigenvalue weighted by Crippen LogP contribution is -2.47. The molecule has 0 radical (unpaired) electrons. The largest absolute Gasteiger partial charge is 0.474 e. The van der Waals surface area contributed by atoms with Gasteiger partial charge in [-0.15, -0.1) is 0 Å². The van der Waals surface area contributed by atoms with Crippen molar-refractivity contribution in [3.8, 4) is 5.75 Å². The molecule has 1 saturated heterocycles. The number of hydrogen-bond acceptors (Lipinski definition) is 5. The second-order valence-corrected chi connectivity index (χ2v) is 6.58. The highest BCUT2D eigenvalue weighted by molar-refractivity contribution is 6.01. The Morgan fingerprint density at radius 1 is 1.04 bits per heavy atom. The number of hydrogen-bond donors (Lipinski definition) is 1. The van der Waals surface area contributed by atoms with Gasteiger partial charge in [-0.3, -0.25) is 9.69 Å². The summed E-state index contributed by atoms with van der Waals surface area (Å²) in [5, 5.41) is 0. The summed E-state index contributed by atoms with van der Waals surface area (Å²) in [5.41, 5.74) is 8.18. The Kier molecular flexibility index (Phi) is 4.77. The van der Waals surface area contributed by atoms with E-state index in [4.69, 9.17) is 15.2 Å². The number of benzene rings is 2. The van der Waals surface area contributed by atoms with Crippen molar-refractivity contribution in [2.24, 2.45) is 0 Å². The highest BCUT2D eigenvalue weighted by Gasteiger charge is 2.35.